The lowest BCUT2D eigenvalue weighted by atomic mass is 9.67. The number of rotatable bonds is 4. The van der Waals surface area contributed by atoms with Gasteiger partial charge >= 0.3 is 6.03 Å². The number of benzene rings is 1. The van der Waals surface area contributed by atoms with Crippen molar-refractivity contribution in [1.29, 1.82) is 0 Å². The molecule has 1 aliphatic carbocycles. The van der Waals surface area contributed by atoms with Crippen LogP contribution in [0, 0.1) is 11.3 Å². The Balaban J connectivity index is 1.29. The molecule has 4 rings (SSSR count). The van der Waals surface area contributed by atoms with Crippen LogP contribution in [0.1, 0.15) is 52.0 Å². The average Bonchev–Trinajstić information content (AvgIpc) is 2.94. The number of nitrogens with one attached hydrogen (secondary N) is 1. The van der Waals surface area contributed by atoms with Gasteiger partial charge in [-0.15, -0.1) is 0 Å². The highest BCUT2D eigenvalue weighted by atomic mass is 16.2. The largest absolute Gasteiger partial charge is 0.326 e. The Morgan fingerprint density at radius 1 is 0.967 bits per heavy atom. The zero-order valence-electron chi connectivity index (χ0n) is 18.7. The fraction of sp³-hybridized carbons (Fsp3) is 0.667. The Bertz CT molecular complexity index is 757. The van der Waals surface area contributed by atoms with Crippen molar-refractivity contribution in [2.75, 3.05) is 32.8 Å². The van der Waals surface area contributed by atoms with E-state index in [4.69, 9.17) is 0 Å². The van der Waals surface area contributed by atoms with Crippen LogP contribution in [0.25, 0.3) is 0 Å². The minimum absolute atomic E-state index is 0.00780. The topological polar surface area (TPSA) is 55.9 Å². The molecule has 164 valence electrons. The van der Waals surface area contributed by atoms with Gasteiger partial charge in [0.2, 0.25) is 0 Å². The maximum Gasteiger partial charge on any atom is 0.326 e. The number of imide groups is 1. The first-order valence-corrected chi connectivity index (χ1v) is 11.4. The van der Waals surface area contributed by atoms with Crippen LogP contribution < -0.4 is 5.32 Å². The lowest BCUT2D eigenvalue weighted by Gasteiger charge is -2.41. The predicted molar refractivity (Wildman–Crippen MR) is 118 cm³/mol. The molecule has 3 aliphatic rings. The summed E-state index contributed by atoms with van der Waals surface area (Å²) in [6.07, 6.45) is 3.53. The van der Waals surface area contributed by atoms with Crippen LogP contribution in [0.2, 0.25) is 0 Å². The van der Waals surface area contributed by atoms with Gasteiger partial charge in [-0.25, -0.2) is 9.69 Å². The molecule has 0 unspecified atom stereocenters. The van der Waals surface area contributed by atoms with Crippen LogP contribution in [0.4, 0.5) is 4.79 Å². The van der Waals surface area contributed by atoms with Crippen LogP contribution in [0.3, 0.4) is 0 Å². The Hall–Kier alpha value is -1.92. The van der Waals surface area contributed by atoms with Gasteiger partial charge in [-0.05, 0) is 42.6 Å². The number of piperazine rings is 1. The smallest absolute Gasteiger partial charge is 0.323 e. The summed E-state index contributed by atoms with van der Waals surface area (Å²) in [4.78, 5) is 32.0. The fourth-order valence-corrected chi connectivity index (χ4v) is 5.25. The van der Waals surface area contributed by atoms with Crippen LogP contribution >= 0.6 is 0 Å². The van der Waals surface area contributed by atoms with Crippen LogP contribution in [0.15, 0.2) is 30.3 Å². The molecule has 6 heteroatoms. The van der Waals surface area contributed by atoms with E-state index in [0.717, 1.165) is 58.4 Å². The van der Waals surface area contributed by atoms with E-state index in [0.29, 0.717) is 12.6 Å². The summed E-state index contributed by atoms with van der Waals surface area (Å²) in [5.74, 6) is 0.603. The second-order valence-electron chi connectivity index (χ2n) is 10.4. The van der Waals surface area contributed by atoms with Gasteiger partial charge in [-0.1, -0.05) is 51.1 Å². The van der Waals surface area contributed by atoms with Gasteiger partial charge in [-0.3, -0.25) is 14.6 Å². The Kier molecular flexibility index (Phi) is 5.90. The zero-order valence-corrected chi connectivity index (χ0v) is 18.7. The first-order valence-electron chi connectivity index (χ1n) is 11.4. The van der Waals surface area contributed by atoms with Crippen LogP contribution in [-0.4, -0.2) is 65.0 Å². The highest BCUT2D eigenvalue weighted by molar-refractivity contribution is 6.07. The monoisotopic (exact) mass is 412 g/mol. The second kappa shape index (κ2) is 8.31. The number of hydrogen-bond acceptors (Lipinski definition) is 4. The van der Waals surface area contributed by atoms with Crippen molar-refractivity contribution in [2.45, 2.75) is 58.5 Å². The van der Waals surface area contributed by atoms with Gasteiger partial charge in [0, 0.05) is 32.7 Å². The van der Waals surface area contributed by atoms with Gasteiger partial charge in [0.25, 0.3) is 5.91 Å². The summed E-state index contributed by atoms with van der Waals surface area (Å²) in [7, 11) is 0. The number of urea groups is 1. The minimum Gasteiger partial charge on any atom is -0.323 e. The van der Waals surface area contributed by atoms with Crippen molar-refractivity contribution in [3.63, 3.8) is 0 Å². The van der Waals surface area contributed by atoms with Crippen molar-refractivity contribution >= 4 is 11.9 Å². The molecule has 3 fully saturated rings. The summed E-state index contributed by atoms with van der Waals surface area (Å²) in [6, 6.07) is 10.3. The normalized spacial score (nSPS) is 28.9. The maximum absolute atomic E-state index is 13.2. The number of carbonyl (C=O) groups excluding carboxylic acids is 2. The van der Waals surface area contributed by atoms with Crippen molar-refractivity contribution < 1.29 is 9.59 Å². The Morgan fingerprint density at radius 2 is 1.57 bits per heavy atom. The summed E-state index contributed by atoms with van der Waals surface area (Å²) >= 11 is 0. The highest BCUT2D eigenvalue weighted by Crippen LogP contribution is 2.43. The molecule has 2 aliphatic heterocycles. The first-order chi connectivity index (χ1) is 14.3. The molecular weight excluding hydrogens is 376 g/mol. The molecule has 6 nitrogen and oxygen atoms in total. The molecule has 2 heterocycles. The third-order valence-corrected chi connectivity index (χ3v) is 7.37. The molecule has 0 bridgehead atoms. The van der Waals surface area contributed by atoms with Gasteiger partial charge in [-0.2, -0.15) is 0 Å². The van der Waals surface area contributed by atoms with Crippen molar-refractivity contribution in [1.82, 2.24) is 20.0 Å². The molecule has 1 aromatic carbocycles. The molecule has 0 atom stereocenters. The lowest BCUT2D eigenvalue weighted by molar-refractivity contribution is -0.134. The van der Waals surface area contributed by atoms with Gasteiger partial charge < -0.3 is 5.32 Å². The molecule has 3 amide bonds. The molecule has 1 saturated carbocycles. The molecule has 2 saturated heterocycles. The predicted octanol–water partition coefficient (Wildman–Crippen LogP) is 3.29. The molecule has 1 aromatic rings. The van der Waals surface area contributed by atoms with Crippen LogP contribution in [0.5, 0.6) is 0 Å². The molecule has 1 spiro atoms. The number of amides is 3. The molecule has 1 N–H and O–H groups in total. The average molecular weight is 413 g/mol. The first kappa shape index (κ1) is 21.3. The SMILES string of the molecule is CC(C)(C)C1CCC2(CC1)NC(=O)N(CN1CCN(Cc3ccccc3)CC1)C2=O. The third kappa shape index (κ3) is 4.40. The minimum atomic E-state index is -0.659. The van der Waals surface area contributed by atoms with Crippen LogP contribution in [-0.2, 0) is 11.3 Å². The van der Waals surface area contributed by atoms with Gasteiger partial charge in [0.05, 0.1) is 6.67 Å². The van der Waals surface area contributed by atoms with Crippen molar-refractivity contribution in [3.8, 4) is 0 Å². The van der Waals surface area contributed by atoms with Gasteiger partial charge in [0.1, 0.15) is 5.54 Å². The summed E-state index contributed by atoms with van der Waals surface area (Å²) in [5, 5.41) is 3.07. The molecule has 0 aromatic heterocycles. The summed E-state index contributed by atoms with van der Waals surface area (Å²) < 4.78 is 0. The summed E-state index contributed by atoms with van der Waals surface area (Å²) in [5.41, 5.74) is 0.924. The number of nitrogens with zero attached hydrogens (tertiary/aromatic N) is 3. The van der Waals surface area contributed by atoms with E-state index in [2.05, 4.69) is 60.2 Å². The third-order valence-electron chi connectivity index (χ3n) is 7.37. The fourth-order valence-electron chi connectivity index (χ4n) is 5.25. The zero-order chi connectivity index (χ0) is 21.4. The van der Waals surface area contributed by atoms with E-state index in [9.17, 15) is 9.59 Å². The molecule has 0 radical (unpaired) electrons. The summed E-state index contributed by atoms with van der Waals surface area (Å²) in [6.45, 7) is 11.8. The van der Waals surface area contributed by atoms with E-state index in [-0.39, 0.29) is 17.4 Å². The van der Waals surface area contributed by atoms with E-state index >= 15 is 0 Å². The van der Waals surface area contributed by atoms with Crippen molar-refractivity contribution in [2.24, 2.45) is 11.3 Å². The van der Waals surface area contributed by atoms with E-state index < -0.39 is 5.54 Å². The quantitative estimate of drug-likeness (QED) is 0.771. The highest BCUT2D eigenvalue weighted by Gasteiger charge is 2.53. The molecular formula is C24H36N4O2. The second-order valence-corrected chi connectivity index (χ2v) is 10.4. The van der Waals surface area contributed by atoms with E-state index in [1.165, 1.54) is 10.5 Å². The van der Waals surface area contributed by atoms with Crippen molar-refractivity contribution in [3.05, 3.63) is 35.9 Å². The Morgan fingerprint density at radius 3 is 2.17 bits per heavy atom. The van der Waals surface area contributed by atoms with Gasteiger partial charge in [0.15, 0.2) is 0 Å². The lowest BCUT2D eigenvalue weighted by Crippen LogP contribution is -2.53. The molecule has 30 heavy (non-hydrogen) atoms. The number of hydrogen-bond donors (Lipinski definition) is 1. The van der Waals surface area contributed by atoms with E-state index in [1.807, 2.05) is 6.07 Å². The van der Waals surface area contributed by atoms with E-state index in [1.54, 1.807) is 0 Å². The standard InChI is InChI=1S/C24H36N4O2/c1-23(2,3)20-9-11-24(12-10-20)21(29)28(22(30)25-24)18-27-15-13-26(14-16-27)17-19-7-5-4-6-8-19/h4-8,20H,9-18H2,1-3H3,(H,25,30). The number of carbonyl (C=O) groups is 2. The Labute approximate surface area is 180 Å². The maximum atomic E-state index is 13.2.